The molecule has 0 amide bonds. The fraction of sp³-hybridized carbons (Fsp3) is 0. The summed E-state index contributed by atoms with van der Waals surface area (Å²) in [6.07, 6.45) is 0. The number of benzene rings is 3. The Hall–Kier alpha value is -0.820. The Morgan fingerprint density at radius 2 is 0.900 bits per heavy atom. The van der Waals surface area contributed by atoms with Gasteiger partial charge in [0.25, 0.3) is 0 Å². The van der Waals surface area contributed by atoms with Gasteiger partial charge >= 0.3 is 141 Å². The van der Waals surface area contributed by atoms with Crippen LogP contribution in [0.1, 0.15) is 0 Å². The van der Waals surface area contributed by atoms with Crippen LogP contribution in [-0.2, 0) is 0 Å². The second-order valence-electron chi connectivity index (χ2n) is 4.39. The van der Waals surface area contributed by atoms with Gasteiger partial charge in [-0.15, -0.1) is 0 Å². The quantitative estimate of drug-likeness (QED) is 0.396. The molecule has 0 spiro atoms. The SMILES string of the molecule is Ic1ccc([Te+](c2ccccc2)c2ccccc2)cc1. The van der Waals surface area contributed by atoms with Gasteiger partial charge in [0.2, 0.25) is 0 Å². The van der Waals surface area contributed by atoms with E-state index in [1.54, 1.807) is 0 Å². The topological polar surface area (TPSA) is 0 Å². The van der Waals surface area contributed by atoms with Crippen molar-refractivity contribution < 1.29 is 0 Å². The molecule has 0 N–H and O–H groups in total. The molecule has 0 aromatic heterocycles. The molecule has 0 saturated carbocycles. The molecule has 2 heteroatoms. The van der Waals surface area contributed by atoms with E-state index in [0.717, 1.165) is 0 Å². The average molecular weight is 485 g/mol. The summed E-state index contributed by atoms with van der Waals surface area (Å²) in [4.78, 5) is 0. The molecule has 3 aromatic carbocycles. The molecule has 0 atom stereocenters. The molecule has 0 unspecified atom stereocenters. The maximum atomic E-state index is 2.37. The van der Waals surface area contributed by atoms with Crippen molar-refractivity contribution in [1.82, 2.24) is 0 Å². The van der Waals surface area contributed by atoms with Crippen LogP contribution in [0.4, 0.5) is 0 Å². The second kappa shape index (κ2) is 6.76. The van der Waals surface area contributed by atoms with Gasteiger partial charge in [-0.25, -0.2) is 0 Å². The summed E-state index contributed by atoms with van der Waals surface area (Å²) >= 11 is 0.670. The first-order chi connectivity index (χ1) is 9.84. The molecule has 0 fully saturated rings. The van der Waals surface area contributed by atoms with Crippen molar-refractivity contribution in [3.05, 3.63) is 88.5 Å². The predicted molar refractivity (Wildman–Crippen MR) is 96.7 cm³/mol. The van der Waals surface area contributed by atoms with Gasteiger partial charge in [0.05, 0.1) is 0 Å². The number of hydrogen-bond donors (Lipinski definition) is 0. The standard InChI is InChI=1S/C18H14ITe/c19-15-11-13-18(14-12-15)20(16-7-3-1-4-8-16)17-9-5-2-6-10-17/h1-14H/q+1. The minimum atomic E-state index is -1.70. The first-order valence-electron chi connectivity index (χ1n) is 6.44. The first-order valence-corrected chi connectivity index (χ1v) is 11.0. The van der Waals surface area contributed by atoms with Crippen molar-refractivity contribution in [1.29, 1.82) is 0 Å². The molecule has 3 aromatic rings. The van der Waals surface area contributed by atoms with Gasteiger partial charge in [0.1, 0.15) is 0 Å². The zero-order valence-electron chi connectivity index (χ0n) is 10.9. The molecule has 0 bridgehead atoms. The van der Waals surface area contributed by atoms with E-state index in [0.29, 0.717) is 0 Å². The van der Waals surface area contributed by atoms with Crippen LogP contribution in [0.2, 0.25) is 0 Å². The third kappa shape index (κ3) is 3.25. The molecule has 0 aliphatic carbocycles. The Morgan fingerprint density at radius 1 is 0.500 bits per heavy atom. The van der Waals surface area contributed by atoms with Crippen LogP contribution >= 0.6 is 22.6 Å². The number of rotatable bonds is 3. The van der Waals surface area contributed by atoms with Crippen molar-refractivity contribution >= 4 is 53.0 Å². The Bertz CT molecular complexity index is 623. The van der Waals surface area contributed by atoms with Crippen molar-refractivity contribution in [3.63, 3.8) is 0 Å². The van der Waals surface area contributed by atoms with Crippen LogP contribution in [-0.4, -0.2) is 19.6 Å². The van der Waals surface area contributed by atoms with E-state index in [9.17, 15) is 0 Å². The molecule has 0 aliphatic heterocycles. The Labute approximate surface area is 140 Å². The van der Waals surface area contributed by atoms with Crippen LogP contribution in [0.3, 0.4) is 0 Å². The van der Waals surface area contributed by atoms with E-state index in [4.69, 9.17) is 0 Å². The molecule has 0 saturated heterocycles. The fourth-order valence-corrected chi connectivity index (χ4v) is 8.40. The summed E-state index contributed by atoms with van der Waals surface area (Å²) in [5.74, 6) is 0. The molecule has 0 radical (unpaired) electrons. The molecular weight excluding hydrogens is 471 g/mol. The fourth-order valence-electron chi connectivity index (χ4n) is 2.09. The van der Waals surface area contributed by atoms with Gasteiger partial charge < -0.3 is 0 Å². The molecule has 3 rings (SSSR count). The van der Waals surface area contributed by atoms with E-state index in [1.165, 1.54) is 14.4 Å². The van der Waals surface area contributed by atoms with E-state index in [1.807, 2.05) is 0 Å². The van der Waals surface area contributed by atoms with Gasteiger partial charge in [-0.2, -0.15) is 0 Å². The summed E-state index contributed by atoms with van der Waals surface area (Å²) in [7, 11) is 0. The van der Waals surface area contributed by atoms with Gasteiger partial charge in [-0.05, 0) is 0 Å². The monoisotopic (exact) mass is 487 g/mol. The zero-order valence-corrected chi connectivity index (χ0v) is 15.4. The minimum absolute atomic E-state index is 1.30. The van der Waals surface area contributed by atoms with Gasteiger partial charge in [0.15, 0.2) is 0 Å². The maximum absolute atomic E-state index is 2.37. The van der Waals surface area contributed by atoms with Crippen molar-refractivity contribution in [3.8, 4) is 0 Å². The third-order valence-corrected chi connectivity index (χ3v) is 10.1. The predicted octanol–water partition coefficient (Wildman–Crippen LogP) is 2.81. The molecule has 0 aliphatic rings. The number of hydrogen-bond acceptors (Lipinski definition) is 0. The van der Waals surface area contributed by atoms with Crippen molar-refractivity contribution in [2.75, 3.05) is 0 Å². The van der Waals surface area contributed by atoms with E-state index in [2.05, 4.69) is 108 Å². The van der Waals surface area contributed by atoms with Crippen LogP contribution in [0.25, 0.3) is 0 Å². The van der Waals surface area contributed by atoms with Gasteiger partial charge in [-0.1, -0.05) is 0 Å². The van der Waals surface area contributed by atoms with E-state index in [-0.39, 0.29) is 0 Å². The summed E-state index contributed by atoms with van der Waals surface area (Å²) < 4.78 is 5.81. The summed E-state index contributed by atoms with van der Waals surface area (Å²) in [5, 5.41) is 0. The summed E-state index contributed by atoms with van der Waals surface area (Å²) in [6, 6.07) is 31.0. The third-order valence-electron chi connectivity index (χ3n) is 3.01. The second-order valence-corrected chi connectivity index (χ2v) is 11.4. The van der Waals surface area contributed by atoms with Crippen LogP contribution < -0.4 is 10.8 Å². The molecule has 0 heterocycles. The zero-order chi connectivity index (χ0) is 13.8. The summed E-state index contributed by atoms with van der Waals surface area (Å²) in [5.41, 5.74) is 0. The van der Waals surface area contributed by atoms with E-state index < -0.39 is 19.6 Å². The Kier molecular flexibility index (Phi) is 4.77. The Balaban J connectivity index is 2.11. The molecule has 98 valence electrons. The number of halogens is 1. The van der Waals surface area contributed by atoms with Gasteiger partial charge in [0, 0.05) is 0 Å². The van der Waals surface area contributed by atoms with Crippen molar-refractivity contribution in [2.24, 2.45) is 0 Å². The first kappa shape index (κ1) is 14.1. The summed E-state index contributed by atoms with van der Waals surface area (Å²) in [6.45, 7) is 0. The molecule has 20 heavy (non-hydrogen) atoms. The Morgan fingerprint density at radius 3 is 1.35 bits per heavy atom. The van der Waals surface area contributed by atoms with Crippen LogP contribution in [0.15, 0.2) is 84.9 Å². The van der Waals surface area contributed by atoms with Crippen LogP contribution in [0.5, 0.6) is 0 Å². The molecule has 0 nitrogen and oxygen atoms in total. The van der Waals surface area contributed by atoms with Crippen molar-refractivity contribution in [2.45, 2.75) is 0 Å². The van der Waals surface area contributed by atoms with E-state index >= 15 is 0 Å². The normalized spacial score (nSPS) is 10.7. The average Bonchev–Trinajstić information content (AvgIpc) is 2.52. The van der Waals surface area contributed by atoms with Crippen LogP contribution in [0, 0.1) is 3.57 Å². The molecular formula is C18H14ITe+. The van der Waals surface area contributed by atoms with Gasteiger partial charge in [-0.3, -0.25) is 0 Å².